The molecular formula is C12H9N3O4S2. The number of aromatic nitrogens is 1. The maximum atomic E-state index is 12.1. The van der Waals surface area contributed by atoms with E-state index in [0.717, 1.165) is 11.3 Å². The zero-order valence-electron chi connectivity index (χ0n) is 10.5. The van der Waals surface area contributed by atoms with Gasteiger partial charge in [-0.25, -0.2) is 13.4 Å². The van der Waals surface area contributed by atoms with Crippen molar-refractivity contribution in [3.63, 3.8) is 0 Å². The second-order valence-electron chi connectivity index (χ2n) is 3.94. The summed E-state index contributed by atoms with van der Waals surface area (Å²) in [7, 11) is -3.82. The third-order valence-electron chi connectivity index (χ3n) is 2.36. The highest BCUT2D eigenvalue weighted by Crippen LogP contribution is 2.24. The Kier molecular flexibility index (Phi) is 4.21. The van der Waals surface area contributed by atoms with Crippen LogP contribution in [0.3, 0.4) is 0 Å². The zero-order valence-corrected chi connectivity index (χ0v) is 12.1. The van der Waals surface area contributed by atoms with Crippen LogP contribution in [0.25, 0.3) is 0 Å². The van der Waals surface area contributed by atoms with E-state index in [-0.39, 0.29) is 16.4 Å². The van der Waals surface area contributed by atoms with E-state index in [1.165, 1.54) is 30.5 Å². The Bertz CT molecular complexity index is 804. The van der Waals surface area contributed by atoms with E-state index in [2.05, 4.69) is 9.71 Å². The summed E-state index contributed by atoms with van der Waals surface area (Å²) >= 11 is 0.884. The number of carboxylic acids is 1. The topological polar surface area (TPSA) is 120 Å². The maximum absolute atomic E-state index is 12.1. The van der Waals surface area contributed by atoms with Crippen LogP contribution in [-0.2, 0) is 21.2 Å². The number of nitrogens with zero attached hydrogens (tertiary/aromatic N) is 2. The first-order valence-corrected chi connectivity index (χ1v) is 7.90. The number of hydrogen-bond donors (Lipinski definition) is 2. The number of aliphatic carboxylic acids is 1. The fourth-order valence-corrected chi connectivity index (χ4v) is 3.81. The summed E-state index contributed by atoms with van der Waals surface area (Å²) in [4.78, 5) is 14.8. The molecule has 0 aromatic carbocycles. The van der Waals surface area contributed by atoms with Crippen LogP contribution in [0.1, 0.15) is 10.4 Å². The van der Waals surface area contributed by atoms with Crippen LogP contribution in [0.5, 0.6) is 0 Å². The van der Waals surface area contributed by atoms with Crippen LogP contribution in [0.15, 0.2) is 34.7 Å². The first-order valence-electron chi connectivity index (χ1n) is 5.60. The van der Waals surface area contributed by atoms with Crippen LogP contribution in [0, 0.1) is 11.3 Å². The minimum Gasteiger partial charge on any atom is -0.481 e. The fraction of sp³-hybridized carbons (Fsp3) is 0.0833. The fourth-order valence-electron chi connectivity index (χ4n) is 1.46. The van der Waals surface area contributed by atoms with Crippen molar-refractivity contribution < 1.29 is 18.3 Å². The number of hydrogen-bond acceptors (Lipinski definition) is 6. The average Bonchev–Trinajstić information content (AvgIpc) is 2.88. The number of carboxylic acid groups (broad SMARTS) is 1. The van der Waals surface area contributed by atoms with Gasteiger partial charge in [0.15, 0.2) is 0 Å². The Morgan fingerprint density at radius 2 is 2.14 bits per heavy atom. The molecule has 0 saturated heterocycles. The number of sulfonamides is 1. The molecule has 0 amide bonds. The number of carbonyl (C=O) groups is 1. The van der Waals surface area contributed by atoms with E-state index in [4.69, 9.17) is 10.4 Å². The molecule has 0 aliphatic heterocycles. The van der Waals surface area contributed by atoms with Crippen molar-refractivity contribution in [1.82, 2.24) is 4.98 Å². The molecule has 2 N–H and O–H groups in total. The summed E-state index contributed by atoms with van der Waals surface area (Å²) in [5, 5.41) is 17.3. The van der Waals surface area contributed by atoms with Crippen molar-refractivity contribution in [3.8, 4) is 6.07 Å². The van der Waals surface area contributed by atoms with Crippen LogP contribution in [-0.4, -0.2) is 24.5 Å². The van der Waals surface area contributed by atoms with Gasteiger partial charge in [0, 0.05) is 11.1 Å². The van der Waals surface area contributed by atoms with Gasteiger partial charge in [-0.05, 0) is 24.3 Å². The number of pyridine rings is 1. The van der Waals surface area contributed by atoms with Crippen molar-refractivity contribution in [1.29, 1.82) is 5.26 Å². The molecule has 0 atom stereocenters. The van der Waals surface area contributed by atoms with E-state index in [9.17, 15) is 13.2 Å². The predicted molar refractivity (Wildman–Crippen MR) is 75.4 cm³/mol. The summed E-state index contributed by atoms with van der Waals surface area (Å²) in [6, 6.07) is 7.49. The van der Waals surface area contributed by atoms with Crippen LogP contribution in [0.4, 0.5) is 5.82 Å². The minimum atomic E-state index is -3.82. The van der Waals surface area contributed by atoms with Crippen molar-refractivity contribution >= 4 is 33.1 Å². The molecule has 0 aliphatic rings. The van der Waals surface area contributed by atoms with Gasteiger partial charge in [-0.1, -0.05) is 0 Å². The van der Waals surface area contributed by atoms with Gasteiger partial charge in [0.25, 0.3) is 10.0 Å². The van der Waals surface area contributed by atoms with E-state index in [1.807, 2.05) is 6.07 Å². The van der Waals surface area contributed by atoms with Crippen LogP contribution in [0.2, 0.25) is 0 Å². The molecule has 108 valence electrons. The van der Waals surface area contributed by atoms with Gasteiger partial charge in [0.1, 0.15) is 16.1 Å². The lowest BCUT2D eigenvalue weighted by atomic mass is 10.3. The minimum absolute atomic E-state index is 0.00455. The normalized spacial score (nSPS) is 10.8. The molecule has 7 nitrogen and oxygen atoms in total. The molecule has 21 heavy (non-hydrogen) atoms. The largest absolute Gasteiger partial charge is 0.481 e. The standard InChI is InChI=1S/C12H9N3O4S2/c13-6-8-1-3-10(14-7-8)15-21(18,19)12-4-2-9(20-12)5-11(16)17/h1-4,7H,5H2,(H,14,15)(H,16,17). The Labute approximate surface area is 124 Å². The second kappa shape index (κ2) is 5.90. The molecule has 9 heteroatoms. The van der Waals surface area contributed by atoms with Crippen molar-refractivity contribution in [2.75, 3.05) is 4.72 Å². The number of rotatable bonds is 5. The SMILES string of the molecule is N#Cc1ccc(NS(=O)(=O)c2ccc(CC(=O)O)s2)nc1. The smallest absolute Gasteiger partial charge is 0.308 e. The lowest BCUT2D eigenvalue weighted by Gasteiger charge is -2.04. The molecule has 0 bridgehead atoms. The third kappa shape index (κ3) is 3.77. The number of thiophene rings is 1. The zero-order chi connectivity index (χ0) is 15.5. The monoisotopic (exact) mass is 323 g/mol. The predicted octanol–water partition coefficient (Wildman–Crippen LogP) is 1.44. The highest BCUT2D eigenvalue weighted by molar-refractivity contribution is 7.94. The van der Waals surface area contributed by atoms with Crippen LogP contribution < -0.4 is 4.72 Å². The third-order valence-corrected chi connectivity index (χ3v) is 5.29. The molecule has 0 fully saturated rings. The molecule has 0 spiro atoms. The highest BCUT2D eigenvalue weighted by atomic mass is 32.2. The first-order chi connectivity index (χ1) is 9.90. The molecule has 2 aromatic heterocycles. The molecule has 2 rings (SSSR count). The summed E-state index contributed by atoms with van der Waals surface area (Å²) in [5.41, 5.74) is 0.317. The molecular weight excluding hydrogens is 314 g/mol. The Hall–Kier alpha value is -2.44. The van der Waals surface area contributed by atoms with Crippen LogP contribution >= 0.6 is 11.3 Å². The molecule has 0 unspecified atom stereocenters. The first kappa shape index (κ1) is 15.0. The average molecular weight is 323 g/mol. The van der Waals surface area contributed by atoms with Gasteiger partial charge >= 0.3 is 5.97 Å². The summed E-state index contributed by atoms with van der Waals surface area (Å²) in [6.45, 7) is 0. The van der Waals surface area contributed by atoms with Gasteiger partial charge in [-0.3, -0.25) is 9.52 Å². The van der Waals surface area contributed by atoms with E-state index >= 15 is 0 Å². The Morgan fingerprint density at radius 1 is 1.38 bits per heavy atom. The van der Waals surface area contributed by atoms with Gasteiger partial charge in [-0.2, -0.15) is 5.26 Å². The maximum Gasteiger partial charge on any atom is 0.308 e. The van der Waals surface area contributed by atoms with Crippen molar-refractivity contribution in [3.05, 3.63) is 40.9 Å². The summed E-state index contributed by atoms with van der Waals surface area (Å²) in [5.74, 6) is -0.940. The number of nitriles is 1. The van der Waals surface area contributed by atoms with Gasteiger partial charge in [0.2, 0.25) is 0 Å². The van der Waals surface area contributed by atoms with E-state index in [1.54, 1.807) is 0 Å². The van der Waals surface area contributed by atoms with Crippen molar-refractivity contribution in [2.45, 2.75) is 10.6 Å². The lowest BCUT2D eigenvalue weighted by molar-refractivity contribution is -0.136. The molecule has 0 saturated carbocycles. The molecule has 0 radical (unpaired) electrons. The molecule has 0 aliphatic carbocycles. The van der Waals surface area contributed by atoms with Gasteiger partial charge < -0.3 is 5.11 Å². The van der Waals surface area contributed by atoms with E-state index < -0.39 is 16.0 Å². The van der Waals surface area contributed by atoms with Crippen molar-refractivity contribution in [2.24, 2.45) is 0 Å². The Morgan fingerprint density at radius 3 is 2.71 bits per heavy atom. The summed E-state index contributed by atoms with van der Waals surface area (Å²) < 4.78 is 26.5. The highest BCUT2D eigenvalue weighted by Gasteiger charge is 2.18. The number of nitrogens with one attached hydrogen (secondary N) is 1. The van der Waals surface area contributed by atoms with E-state index in [0.29, 0.717) is 10.4 Å². The quantitative estimate of drug-likeness (QED) is 0.859. The molecule has 2 heterocycles. The van der Waals surface area contributed by atoms with Gasteiger partial charge in [0.05, 0.1) is 12.0 Å². The Balaban J connectivity index is 2.19. The molecule has 2 aromatic rings. The number of anilines is 1. The van der Waals surface area contributed by atoms with Gasteiger partial charge in [-0.15, -0.1) is 11.3 Å². The lowest BCUT2D eigenvalue weighted by Crippen LogP contribution is -2.12. The summed E-state index contributed by atoms with van der Waals surface area (Å²) in [6.07, 6.45) is 1.03. The second-order valence-corrected chi connectivity index (χ2v) is 7.02.